The van der Waals surface area contributed by atoms with Gasteiger partial charge in [0.05, 0.1) is 11.5 Å². The summed E-state index contributed by atoms with van der Waals surface area (Å²) < 4.78 is 0. The second-order valence-electron chi connectivity index (χ2n) is 6.85. The lowest BCUT2D eigenvalue weighted by Gasteiger charge is -2.36. The standard InChI is InChI=1S/C18H25N3O/c1-17(2,13-19)15-9-5-4-8-14(15)12-21(3)18(16(20)22)10-6-7-11-18/h4-5,8-9H,6-7,10-12H2,1-3H3,(H2,20,22). The van der Waals surface area contributed by atoms with Crippen LogP contribution in [-0.4, -0.2) is 23.4 Å². The summed E-state index contributed by atoms with van der Waals surface area (Å²) in [6.45, 7) is 4.47. The van der Waals surface area contributed by atoms with Gasteiger partial charge in [0.25, 0.3) is 0 Å². The number of carbonyl (C=O) groups excluding carboxylic acids is 1. The lowest BCUT2D eigenvalue weighted by molar-refractivity contribution is -0.129. The number of benzene rings is 1. The average molecular weight is 299 g/mol. The Morgan fingerprint density at radius 2 is 1.95 bits per heavy atom. The van der Waals surface area contributed by atoms with Gasteiger partial charge in [0.2, 0.25) is 5.91 Å². The smallest absolute Gasteiger partial charge is 0.237 e. The molecular formula is C18H25N3O. The number of hydrogen-bond donors (Lipinski definition) is 1. The molecule has 1 aliphatic rings. The third-order valence-electron chi connectivity index (χ3n) is 5.00. The van der Waals surface area contributed by atoms with Crippen molar-refractivity contribution in [3.63, 3.8) is 0 Å². The van der Waals surface area contributed by atoms with Crippen molar-refractivity contribution in [3.8, 4) is 6.07 Å². The van der Waals surface area contributed by atoms with Crippen LogP contribution < -0.4 is 5.73 Å². The number of amides is 1. The van der Waals surface area contributed by atoms with E-state index < -0.39 is 11.0 Å². The maximum absolute atomic E-state index is 12.0. The van der Waals surface area contributed by atoms with Gasteiger partial charge in [0.15, 0.2) is 0 Å². The Balaban J connectivity index is 2.32. The van der Waals surface area contributed by atoms with Crippen LogP contribution in [0, 0.1) is 11.3 Å². The summed E-state index contributed by atoms with van der Waals surface area (Å²) in [6, 6.07) is 10.3. The van der Waals surface area contributed by atoms with Crippen molar-refractivity contribution in [1.82, 2.24) is 4.90 Å². The molecule has 118 valence electrons. The summed E-state index contributed by atoms with van der Waals surface area (Å²) in [5, 5.41) is 9.42. The minimum atomic E-state index is -0.549. The maximum Gasteiger partial charge on any atom is 0.237 e. The fourth-order valence-electron chi connectivity index (χ4n) is 3.51. The second kappa shape index (κ2) is 6.10. The topological polar surface area (TPSA) is 70.1 Å². The molecule has 0 aliphatic heterocycles. The van der Waals surface area contributed by atoms with E-state index in [2.05, 4.69) is 11.0 Å². The summed E-state index contributed by atoms with van der Waals surface area (Å²) >= 11 is 0. The van der Waals surface area contributed by atoms with Crippen LogP contribution >= 0.6 is 0 Å². The van der Waals surface area contributed by atoms with Gasteiger partial charge in [-0.05, 0) is 44.9 Å². The molecule has 2 N–H and O–H groups in total. The van der Waals surface area contributed by atoms with Gasteiger partial charge in [-0.2, -0.15) is 5.26 Å². The number of likely N-dealkylation sites (N-methyl/N-ethyl adjacent to an activating group) is 1. The molecule has 2 rings (SSSR count). The van der Waals surface area contributed by atoms with Gasteiger partial charge in [-0.3, -0.25) is 9.69 Å². The minimum absolute atomic E-state index is 0.232. The number of hydrogen-bond acceptors (Lipinski definition) is 3. The van der Waals surface area contributed by atoms with Crippen molar-refractivity contribution in [2.75, 3.05) is 7.05 Å². The first-order chi connectivity index (χ1) is 10.3. The van der Waals surface area contributed by atoms with Gasteiger partial charge < -0.3 is 5.73 Å². The zero-order chi connectivity index (χ0) is 16.4. The van der Waals surface area contributed by atoms with Gasteiger partial charge in [-0.15, -0.1) is 0 Å². The Hall–Kier alpha value is -1.86. The molecule has 0 atom stereocenters. The molecule has 0 spiro atoms. The van der Waals surface area contributed by atoms with Crippen molar-refractivity contribution in [2.24, 2.45) is 5.73 Å². The SMILES string of the molecule is CN(Cc1ccccc1C(C)(C)C#N)C1(C(N)=O)CCCC1. The van der Waals surface area contributed by atoms with Crippen molar-refractivity contribution < 1.29 is 4.79 Å². The molecule has 1 aromatic rings. The quantitative estimate of drug-likeness (QED) is 0.908. The summed E-state index contributed by atoms with van der Waals surface area (Å²) in [5.41, 5.74) is 6.72. The summed E-state index contributed by atoms with van der Waals surface area (Å²) in [6.07, 6.45) is 3.72. The second-order valence-corrected chi connectivity index (χ2v) is 6.85. The molecule has 0 saturated heterocycles. The molecule has 1 aliphatic carbocycles. The molecule has 0 unspecified atom stereocenters. The van der Waals surface area contributed by atoms with E-state index in [1.54, 1.807) is 0 Å². The Kier molecular flexibility index (Phi) is 4.58. The third kappa shape index (κ3) is 2.86. The lowest BCUT2D eigenvalue weighted by atomic mass is 9.82. The van der Waals surface area contributed by atoms with E-state index >= 15 is 0 Å². The van der Waals surface area contributed by atoms with Crippen LogP contribution in [0.4, 0.5) is 0 Å². The Morgan fingerprint density at radius 1 is 1.36 bits per heavy atom. The predicted molar refractivity (Wildman–Crippen MR) is 86.9 cm³/mol. The van der Waals surface area contributed by atoms with E-state index in [0.29, 0.717) is 6.54 Å². The highest BCUT2D eigenvalue weighted by molar-refractivity contribution is 5.85. The Bertz CT molecular complexity index is 595. The first kappa shape index (κ1) is 16.5. The number of nitrogens with zero attached hydrogens (tertiary/aromatic N) is 2. The molecule has 0 bridgehead atoms. The largest absolute Gasteiger partial charge is 0.368 e. The molecule has 1 aromatic carbocycles. The van der Waals surface area contributed by atoms with E-state index in [1.807, 2.05) is 45.2 Å². The maximum atomic E-state index is 12.0. The predicted octanol–water partition coefficient (Wildman–Crippen LogP) is 2.72. The van der Waals surface area contributed by atoms with Crippen LogP contribution in [0.1, 0.15) is 50.7 Å². The van der Waals surface area contributed by atoms with E-state index in [9.17, 15) is 10.1 Å². The first-order valence-electron chi connectivity index (χ1n) is 7.84. The molecule has 0 aromatic heterocycles. The van der Waals surface area contributed by atoms with Crippen LogP contribution in [0.5, 0.6) is 0 Å². The van der Waals surface area contributed by atoms with E-state index in [1.165, 1.54) is 0 Å². The minimum Gasteiger partial charge on any atom is -0.368 e. The van der Waals surface area contributed by atoms with Crippen molar-refractivity contribution in [1.29, 1.82) is 5.26 Å². The van der Waals surface area contributed by atoms with Crippen LogP contribution in [0.3, 0.4) is 0 Å². The number of nitriles is 1. The fourth-order valence-corrected chi connectivity index (χ4v) is 3.51. The molecule has 1 saturated carbocycles. The summed E-state index contributed by atoms with van der Waals surface area (Å²) in [5.74, 6) is -0.232. The molecule has 1 fully saturated rings. The van der Waals surface area contributed by atoms with Crippen LogP contribution in [0.15, 0.2) is 24.3 Å². The fraction of sp³-hybridized carbons (Fsp3) is 0.556. The van der Waals surface area contributed by atoms with Gasteiger partial charge in [0.1, 0.15) is 5.54 Å². The van der Waals surface area contributed by atoms with Crippen molar-refractivity contribution >= 4 is 5.91 Å². The third-order valence-corrected chi connectivity index (χ3v) is 5.00. The zero-order valence-electron chi connectivity index (χ0n) is 13.7. The van der Waals surface area contributed by atoms with Crippen molar-refractivity contribution in [2.45, 2.75) is 57.0 Å². The normalized spacial score (nSPS) is 17.4. The Labute approximate surface area is 132 Å². The molecule has 0 radical (unpaired) electrons. The van der Waals surface area contributed by atoms with Crippen LogP contribution in [-0.2, 0) is 16.8 Å². The highest BCUT2D eigenvalue weighted by atomic mass is 16.1. The lowest BCUT2D eigenvalue weighted by Crippen LogP contribution is -2.53. The molecule has 4 nitrogen and oxygen atoms in total. The highest BCUT2D eigenvalue weighted by Gasteiger charge is 2.43. The molecule has 4 heteroatoms. The Morgan fingerprint density at radius 3 is 2.50 bits per heavy atom. The molecule has 22 heavy (non-hydrogen) atoms. The number of primary amides is 1. The zero-order valence-corrected chi connectivity index (χ0v) is 13.7. The van der Waals surface area contributed by atoms with Crippen LogP contribution in [0.2, 0.25) is 0 Å². The van der Waals surface area contributed by atoms with Crippen molar-refractivity contribution in [3.05, 3.63) is 35.4 Å². The molecular weight excluding hydrogens is 274 g/mol. The summed E-state index contributed by atoms with van der Waals surface area (Å²) in [7, 11) is 1.96. The number of nitrogens with two attached hydrogens (primary N) is 1. The van der Waals surface area contributed by atoms with E-state index in [0.717, 1.165) is 36.8 Å². The van der Waals surface area contributed by atoms with Gasteiger partial charge >= 0.3 is 0 Å². The van der Waals surface area contributed by atoms with Crippen LogP contribution in [0.25, 0.3) is 0 Å². The highest BCUT2D eigenvalue weighted by Crippen LogP contribution is 2.36. The van der Waals surface area contributed by atoms with Gasteiger partial charge in [-0.1, -0.05) is 37.1 Å². The van der Waals surface area contributed by atoms with E-state index in [4.69, 9.17) is 5.73 Å². The summed E-state index contributed by atoms with van der Waals surface area (Å²) in [4.78, 5) is 14.1. The molecule has 1 amide bonds. The van der Waals surface area contributed by atoms with Gasteiger partial charge in [-0.25, -0.2) is 0 Å². The molecule has 0 heterocycles. The number of carbonyl (C=O) groups is 1. The van der Waals surface area contributed by atoms with E-state index in [-0.39, 0.29) is 5.91 Å². The first-order valence-corrected chi connectivity index (χ1v) is 7.84. The average Bonchev–Trinajstić information content (AvgIpc) is 2.98. The van der Waals surface area contributed by atoms with Gasteiger partial charge in [0, 0.05) is 6.54 Å². The number of rotatable bonds is 5. The monoisotopic (exact) mass is 299 g/mol.